The molecule has 12 heteroatoms. The molecular weight excluding hydrogens is 533 g/mol. The van der Waals surface area contributed by atoms with Crippen LogP contribution in [0.4, 0.5) is 17.1 Å². The molecule has 2 N–H and O–H groups in total. The molecule has 0 saturated carbocycles. The number of aryl methyl sites for hydroxylation is 1. The Morgan fingerprint density at radius 3 is 2.06 bits per heavy atom. The maximum atomic E-state index is 12.9. The fourth-order valence-electron chi connectivity index (χ4n) is 3.24. The van der Waals surface area contributed by atoms with Crippen molar-refractivity contribution in [3.05, 3.63) is 82.3 Å². The molecule has 0 aliphatic rings. The number of hydrogen-bond acceptors (Lipinski definition) is 5. The Bertz CT molecular complexity index is 1440. The van der Waals surface area contributed by atoms with Gasteiger partial charge in [0.2, 0.25) is 15.9 Å². The summed E-state index contributed by atoms with van der Waals surface area (Å²) >= 11 is 11.9. The fourth-order valence-corrected chi connectivity index (χ4v) is 6.01. The number of carbonyl (C=O) groups is 1. The number of halogens is 2. The summed E-state index contributed by atoms with van der Waals surface area (Å²) in [5, 5.41) is 3.13. The SMILES string of the molecule is Cc1ccc(N([C@H](C)C(=O)Nc2ccc(S(=O)(=O)Nc3ccc(Cl)cc3Cl)cc2)S(C)(=O)=O)cc1. The highest BCUT2D eigenvalue weighted by atomic mass is 35.5. The lowest BCUT2D eigenvalue weighted by Crippen LogP contribution is -2.45. The van der Waals surface area contributed by atoms with Gasteiger partial charge < -0.3 is 5.32 Å². The van der Waals surface area contributed by atoms with Gasteiger partial charge in [-0.3, -0.25) is 13.8 Å². The molecule has 0 aliphatic heterocycles. The molecule has 35 heavy (non-hydrogen) atoms. The summed E-state index contributed by atoms with van der Waals surface area (Å²) in [5.74, 6) is -0.585. The third kappa shape index (κ3) is 6.66. The largest absolute Gasteiger partial charge is 0.324 e. The van der Waals surface area contributed by atoms with Crippen molar-refractivity contribution in [2.45, 2.75) is 24.8 Å². The number of carbonyl (C=O) groups excluding carboxylic acids is 1. The van der Waals surface area contributed by atoms with Crippen LogP contribution < -0.4 is 14.3 Å². The van der Waals surface area contributed by atoms with Gasteiger partial charge in [0.25, 0.3) is 10.0 Å². The van der Waals surface area contributed by atoms with Gasteiger partial charge in [-0.25, -0.2) is 16.8 Å². The lowest BCUT2D eigenvalue weighted by Gasteiger charge is -2.28. The molecule has 0 aromatic heterocycles. The van der Waals surface area contributed by atoms with Crippen LogP contribution in [-0.2, 0) is 24.8 Å². The van der Waals surface area contributed by atoms with E-state index >= 15 is 0 Å². The Hall–Kier alpha value is -2.79. The molecule has 1 amide bonds. The van der Waals surface area contributed by atoms with E-state index in [1.165, 1.54) is 49.4 Å². The standard InChI is InChI=1S/C23H23Cl2N3O5S2/c1-15-4-9-19(10-5-15)28(34(3,30)31)16(2)23(29)26-18-7-11-20(12-8-18)35(32,33)27-22-13-6-17(24)14-21(22)25/h4-14,16,27H,1-3H3,(H,26,29)/t16-/m1/s1. The summed E-state index contributed by atoms with van der Waals surface area (Å²) in [7, 11) is -7.72. The van der Waals surface area contributed by atoms with Gasteiger partial charge in [0, 0.05) is 10.7 Å². The first-order valence-corrected chi connectivity index (χ1v) is 14.3. The van der Waals surface area contributed by atoms with Crippen molar-refractivity contribution in [3.63, 3.8) is 0 Å². The molecule has 1 atom stereocenters. The highest BCUT2D eigenvalue weighted by Crippen LogP contribution is 2.28. The van der Waals surface area contributed by atoms with Crippen LogP contribution in [0.5, 0.6) is 0 Å². The van der Waals surface area contributed by atoms with Crippen LogP contribution in [0.3, 0.4) is 0 Å². The summed E-state index contributed by atoms with van der Waals surface area (Å²) in [5.41, 5.74) is 1.76. The summed E-state index contributed by atoms with van der Waals surface area (Å²) in [6, 6.07) is 15.5. The minimum absolute atomic E-state index is 0.0630. The van der Waals surface area contributed by atoms with Gasteiger partial charge in [-0.2, -0.15) is 0 Å². The number of nitrogens with one attached hydrogen (secondary N) is 2. The molecule has 0 saturated heterocycles. The number of hydrogen-bond donors (Lipinski definition) is 2. The second kappa shape index (κ2) is 10.4. The molecule has 0 radical (unpaired) electrons. The van der Waals surface area contributed by atoms with Crippen LogP contribution in [0.15, 0.2) is 71.6 Å². The minimum atomic E-state index is -3.96. The average molecular weight is 556 g/mol. The molecule has 0 unspecified atom stereocenters. The van der Waals surface area contributed by atoms with E-state index in [1.807, 2.05) is 6.92 Å². The van der Waals surface area contributed by atoms with Crippen LogP contribution >= 0.6 is 23.2 Å². The molecular formula is C23H23Cl2N3O5S2. The zero-order valence-corrected chi connectivity index (χ0v) is 22.1. The van der Waals surface area contributed by atoms with E-state index in [1.54, 1.807) is 24.3 Å². The maximum Gasteiger partial charge on any atom is 0.261 e. The number of benzene rings is 3. The lowest BCUT2D eigenvalue weighted by atomic mass is 10.2. The van der Waals surface area contributed by atoms with Crippen molar-refractivity contribution >= 4 is 66.2 Å². The fraction of sp³-hybridized carbons (Fsp3) is 0.174. The molecule has 186 valence electrons. The van der Waals surface area contributed by atoms with Crippen molar-refractivity contribution in [2.24, 2.45) is 0 Å². The number of sulfonamides is 2. The van der Waals surface area contributed by atoms with E-state index in [0.717, 1.165) is 16.1 Å². The first-order chi connectivity index (χ1) is 16.3. The van der Waals surface area contributed by atoms with Crippen LogP contribution in [-0.4, -0.2) is 35.0 Å². The summed E-state index contributed by atoms with van der Waals surface area (Å²) < 4.78 is 53.6. The third-order valence-electron chi connectivity index (χ3n) is 4.98. The van der Waals surface area contributed by atoms with E-state index in [4.69, 9.17) is 23.2 Å². The van der Waals surface area contributed by atoms with E-state index < -0.39 is 32.0 Å². The normalized spacial score (nSPS) is 12.6. The molecule has 3 aromatic rings. The second-order valence-corrected chi connectivity index (χ2v) is 12.2. The van der Waals surface area contributed by atoms with Crippen molar-refractivity contribution < 1.29 is 21.6 Å². The van der Waals surface area contributed by atoms with Crippen LogP contribution in [0.2, 0.25) is 10.0 Å². The molecule has 0 bridgehead atoms. The van der Waals surface area contributed by atoms with Crippen molar-refractivity contribution in [1.82, 2.24) is 0 Å². The van der Waals surface area contributed by atoms with Crippen LogP contribution in [0.1, 0.15) is 12.5 Å². The molecule has 0 fully saturated rings. The number of nitrogens with zero attached hydrogens (tertiary/aromatic N) is 1. The van der Waals surface area contributed by atoms with Gasteiger partial charge in [-0.15, -0.1) is 0 Å². The molecule has 3 aromatic carbocycles. The number of rotatable bonds is 8. The predicted octanol–water partition coefficient (Wildman–Crippen LogP) is 4.90. The Balaban J connectivity index is 1.76. The Morgan fingerprint density at radius 2 is 1.51 bits per heavy atom. The van der Waals surface area contributed by atoms with Crippen LogP contribution in [0, 0.1) is 6.92 Å². The second-order valence-electron chi connectivity index (χ2n) is 7.81. The van der Waals surface area contributed by atoms with Gasteiger partial charge in [0.1, 0.15) is 6.04 Å². The van der Waals surface area contributed by atoms with E-state index in [0.29, 0.717) is 16.4 Å². The first-order valence-electron chi connectivity index (χ1n) is 10.2. The van der Waals surface area contributed by atoms with Crippen molar-refractivity contribution in [1.29, 1.82) is 0 Å². The topological polar surface area (TPSA) is 113 Å². The molecule has 3 rings (SSSR count). The Morgan fingerprint density at radius 1 is 0.914 bits per heavy atom. The molecule has 8 nitrogen and oxygen atoms in total. The van der Waals surface area contributed by atoms with Gasteiger partial charge in [0.15, 0.2) is 0 Å². The maximum absolute atomic E-state index is 12.9. The Kier molecular flexibility index (Phi) is 8.00. The zero-order valence-electron chi connectivity index (χ0n) is 19.0. The van der Waals surface area contributed by atoms with Gasteiger partial charge in [0.05, 0.1) is 27.5 Å². The molecule has 0 heterocycles. The highest BCUT2D eigenvalue weighted by Gasteiger charge is 2.29. The minimum Gasteiger partial charge on any atom is -0.324 e. The lowest BCUT2D eigenvalue weighted by molar-refractivity contribution is -0.116. The van der Waals surface area contributed by atoms with Gasteiger partial charge >= 0.3 is 0 Å². The summed E-state index contributed by atoms with van der Waals surface area (Å²) in [6.45, 7) is 3.34. The zero-order chi connectivity index (χ0) is 26.0. The predicted molar refractivity (Wildman–Crippen MR) is 140 cm³/mol. The van der Waals surface area contributed by atoms with Crippen molar-refractivity contribution in [2.75, 3.05) is 20.6 Å². The Labute approximate surface area is 215 Å². The smallest absolute Gasteiger partial charge is 0.261 e. The number of amides is 1. The van der Waals surface area contributed by atoms with E-state index in [9.17, 15) is 21.6 Å². The van der Waals surface area contributed by atoms with Crippen LogP contribution in [0.25, 0.3) is 0 Å². The number of anilines is 3. The average Bonchev–Trinajstić information content (AvgIpc) is 2.76. The van der Waals surface area contributed by atoms with Gasteiger partial charge in [-0.1, -0.05) is 40.9 Å². The molecule has 0 aliphatic carbocycles. The molecule has 0 spiro atoms. The van der Waals surface area contributed by atoms with Crippen molar-refractivity contribution in [3.8, 4) is 0 Å². The monoisotopic (exact) mass is 555 g/mol. The highest BCUT2D eigenvalue weighted by molar-refractivity contribution is 7.92. The van der Waals surface area contributed by atoms with E-state index in [-0.39, 0.29) is 15.6 Å². The summed E-state index contributed by atoms with van der Waals surface area (Å²) in [6.07, 6.45) is 1.02. The third-order valence-corrected chi connectivity index (χ3v) is 8.16. The van der Waals surface area contributed by atoms with E-state index in [2.05, 4.69) is 10.0 Å². The quantitative estimate of drug-likeness (QED) is 0.410. The van der Waals surface area contributed by atoms with Gasteiger partial charge in [-0.05, 0) is 68.4 Å². The summed E-state index contributed by atoms with van der Waals surface area (Å²) in [4.78, 5) is 12.8. The first kappa shape index (κ1) is 26.8.